The van der Waals surface area contributed by atoms with Crippen LogP contribution in [-0.2, 0) is 4.74 Å². The van der Waals surface area contributed by atoms with Crippen molar-refractivity contribution in [2.24, 2.45) is 5.73 Å². The summed E-state index contributed by atoms with van der Waals surface area (Å²) in [6.45, 7) is 2.05. The number of methoxy groups -OCH3 is 1. The zero-order chi connectivity index (χ0) is 14.4. The molecule has 0 radical (unpaired) electrons. The van der Waals surface area contributed by atoms with E-state index in [0.717, 1.165) is 23.1 Å². The van der Waals surface area contributed by atoms with Crippen LogP contribution in [0, 0.1) is 0 Å². The zero-order valence-electron chi connectivity index (χ0n) is 11.5. The summed E-state index contributed by atoms with van der Waals surface area (Å²) in [4.78, 5) is 2.61. The molecule has 20 heavy (non-hydrogen) atoms. The Morgan fingerprint density at radius 2 is 2.15 bits per heavy atom. The molecular formula is C14H18N4OS. The van der Waals surface area contributed by atoms with E-state index in [1.165, 1.54) is 0 Å². The monoisotopic (exact) mass is 290 g/mol. The highest BCUT2D eigenvalue weighted by atomic mass is 32.1. The molecule has 0 saturated heterocycles. The van der Waals surface area contributed by atoms with Gasteiger partial charge in [0.25, 0.3) is 0 Å². The summed E-state index contributed by atoms with van der Waals surface area (Å²) in [5.41, 5.74) is 5.60. The van der Waals surface area contributed by atoms with Crippen molar-refractivity contribution in [1.82, 2.24) is 10.2 Å². The number of rotatable bonds is 7. The second kappa shape index (κ2) is 7.12. The molecule has 2 rings (SSSR count). The van der Waals surface area contributed by atoms with Crippen LogP contribution in [-0.4, -0.2) is 42.0 Å². The Morgan fingerprint density at radius 1 is 1.35 bits per heavy atom. The minimum Gasteiger partial charge on any atom is -0.393 e. The molecule has 0 aliphatic carbocycles. The fourth-order valence-corrected chi connectivity index (χ4v) is 2.11. The topological polar surface area (TPSA) is 64.3 Å². The first-order valence-electron chi connectivity index (χ1n) is 6.45. The maximum Gasteiger partial charge on any atom is 0.159 e. The quantitative estimate of drug-likeness (QED) is 0.784. The van der Waals surface area contributed by atoms with Gasteiger partial charge in [-0.2, -0.15) is 5.10 Å². The largest absolute Gasteiger partial charge is 0.393 e. The van der Waals surface area contributed by atoms with Crippen molar-refractivity contribution < 1.29 is 4.74 Å². The van der Waals surface area contributed by atoms with Gasteiger partial charge in [-0.1, -0.05) is 36.5 Å². The predicted octanol–water partition coefficient (Wildman–Crippen LogP) is 1.76. The van der Waals surface area contributed by atoms with Crippen molar-refractivity contribution >= 4 is 33.8 Å². The Kier molecular flexibility index (Phi) is 5.20. The zero-order valence-corrected chi connectivity index (χ0v) is 12.3. The third kappa shape index (κ3) is 3.61. The molecule has 2 aromatic rings. The van der Waals surface area contributed by atoms with Gasteiger partial charge in [0.05, 0.1) is 17.8 Å². The van der Waals surface area contributed by atoms with Gasteiger partial charge >= 0.3 is 0 Å². The maximum atomic E-state index is 5.60. The fourth-order valence-electron chi connectivity index (χ4n) is 2.02. The van der Waals surface area contributed by atoms with Gasteiger partial charge in [-0.15, -0.1) is 5.10 Å². The highest BCUT2D eigenvalue weighted by Crippen LogP contribution is 2.23. The van der Waals surface area contributed by atoms with Gasteiger partial charge in [-0.25, -0.2) is 0 Å². The van der Waals surface area contributed by atoms with E-state index in [2.05, 4.69) is 15.1 Å². The number of hydrogen-bond donors (Lipinski definition) is 1. The molecule has 5 nitrogen and oxygen atoms in total. The molecule has 0 aliphatic heterocycles. The van der Waals surface area contributed by atoms with E-state index in [-0.39, 0.29) is 0 Å². The van der Waals surface area contributed by atoms with Crippen LogP contribution in [0.15, 0.2) is 30.5 Å². The second-order valence-corrected chi connectivity index (χ2v) is 4.98. The molecule has 0 fully saturated rings. The fraction of sp³-hybridized carbons (Fsp3) is 0.357. The lowest BCUT2D eigenvalue weighted by Crippen LogP contribution is -2.31. The van der Waals surface area contributed by atoms with Crippen LogP contribution in [0.25, 0.3) is 10.8 Å². The number of anilines is 1. The average molecular weight is 290 g/mol. The second-order valence-electron chi connectivity index (χ2n) is 4.45. The minimum absolute atomic E-state index is 0.501. The van der Waals surface area contributed by atoms with Crippen molar-refractivity contribution in [2.45, 2.75) is 6.42 Å². The first-order valence-corrected chi connectivity index (χ1v) is 6.86. The summed E-state index contributed by atoms with van der Waals surface area (Å²) >= 11 is 4.96. The number of aromatic nitrogens is 2. The van der Waals surface area contributed by atoms with Crippen LogP contribution in [0.1, 0.15) is 6.42 Å². The molecule has 1 aromatic carbocycles. The number of hydrogen-bond acceptors (Lipinski definition) is 5. The highest BCUT2D eigenvalue weighted by Gasteiger charge is 2.12. The molecular weight excluding hydrogens is 272 g/mol. The third-order valence-corrected chi connectivity index (χ3v) is 3.25. The number of thiocarbonyl (C=S) groups is 1. The lowest BCUT2D eigenvalue weighted by Gasteiger charge is -2.23. The Hall–Kier alpha value is -1.79. The number of nitrogens with two attached hydrogens (primary N) is 1. The van der Waals surface area contributed by atoms with Crippen LogP contribution >= 0.6 is 12.2 Å². The lowest BCUT2D eigenvalue weighted by molar-refractivity contribution is 0.205. The molecule has 0 saturated carbocycles. The van der Waals surface area contributed by atoms with Gasteiger partial charge in [0.1, 0.15) is 0 Å². The molecule has 0 aliphatic rings. The first-order chi connectivity index (χ1) is 9.72. The van der Waals surface area contributed by atoms with E-state index in [1.807, 2.05) is 24.3 Å². The molecule has 0 spiro atoms. The summed E-state index contributed by atoms with van der Waals surface area (Å²) in [6, 6.07) is 8.05. The van der Waals surface area contributed by atoms with Gasteiger partial charge in [0.15, 0.2) is 5.82 Å². The Labute approximate surface area is 123 Å². The highest BCUT2D eigenvalue weighted by molar-refractivity contribution is 7.80. The number of ether oxygens (including phenoxy) is 1. The van der Waals surface area contributed by atoms with Gasteiger partial charge in [0, 0.05) is 37.4 Å². The van der Waals surface area contributed by atoms with Crippen LogP contribution in [0.5, 0.6) is 0 Å². The molecule has 0 unspecified atom stereocenters. The molecule has 1 heterocycles. The van der Waals surface area contributed by atoms with Crippen molar-refractivity contribution in [2.75, 3.05) is 31.7 Å². The molecule has 1 aromatic heterocycles. The number of benzene rings is 1. The minimum atomic E-state index is 0.501. The molecule has 6 heteroatoms. The third-order valence-electron chi connectivity index (χ3n) is 3.04. The Balaban J connectivity index is 2.31. The van der Waals surface area contributed by atoms with Gasteiger partial charge < -0.3 is 15.4 Å². The van der Waals surface area contributed by atoms with Gasteiger partial charge in [-0.05, 0) is 0 Å². The molecule has 0 bridgehead atoms. The predicted molar refractivity (Wildman–Crippen MR) is 85.0 cm³/mol. The van der Waals surface area contributed by atoms with E-state index >= 15 is 0 Å². The lowest BCUT2D eigenvalue weighted by atomic mass is 10.2. The van der Waals surface area contributed by atoms with Crippen molar-refractivity contribution in [3.05, 3.63) is 30.5 Å². The molecule has 2 N–H and O–H groups in total. The molecule has 0 atom stereocenters. The average Bonchev–Trinajstić information content (AvgIpc) is 2.47. The summed E-state index contributed by atoms with van der Waals surface area (Å²) in [7, 11) is 1.68. The van der Waals surface area contributed by atoms with Gasteiger partial charge in [-0.3, -0.25) is 0 Å². The Morgan fingerprint density at radius 3 is 2.90 bits per heavy atom. The van der Waals surface area contributed by atoms with E-state index < -0.39 is 0 Å². The van der Waals surface area contributed by atoms with Gasteiger partial charge in [0.2, 0.25) is 0 Å². The smallest absolute Gasteiger partial charge is 0.159 e. The summed E-state index contributed by atoms with van der Waals surface area (Å²) in [5.74, 6) is 0.844. The van der Waals surface area contributed by atoms with Crippen molar-refractivity contribution in [3.8, 4) is 0 Å². The van der Waals surface area contributed by atoms with Crippen LogP contribution in [0.4, 0.5) is 5.82 Å². The van der Waals surface area contributed by atoms with E-state index in [4.69, 9.17) is 22.7 Å². The number of nitrogens with zero attached hydrogens (tertiary/aromatic N) is 3. The molecule has 0 amide bonds. The van der Waals surface area contributed by atoms with Crippen LogP contribution in [0.2, 0.25) is 0 Å². The van der Waals surface area contributed by atoms with E-state index in [0.29, 0.717) is 24.6 Å². The standard InChI is InChI=1S/C14H18N4OS/c1-19-9-8-18(7-6-13(15)20)14-12-5-3-2-4-11(12)10-16-17-14/h2-5,10H,6-9H2,1H3,(H2,15,20). The molecule has 106 valence electrons. The van der Waals surface area contributed by atoms with Crippen LogP contribution in [0.3, 0.4) is 0 Å². The van der Waals surface area contributed by atoms with Crippen LogP contribution < -0.4 is 10.6 Å². The van der Waals surface area contributed by atoms with E-state index in [9.17, 15) is 0 Å². The van der Waals surface area contributed by atoms with Crippen molar-refractivity contribution in [3.63, 3.8) is 0 Å². The normalized spacial score (nSPS) is 10.7. The van der Waals surface area contributed by atoms with Crippen molar-refractivity contribution in [1.29, 1.82) is 0 Å². The number of fused-ring (bicyclic) bond motifs is 1. The summed E-state index contributed by atoms with van der Waals surface area (Å²) < 4.78 is 5.16. The Bertz CT molecular complexity index is 585. The summed E-state index contributed by atoms with van der Waals surface area (Å²) in [5, 5.41) is 10.5. The maximum absolute atomic E-state index is 5.60. The first kappa shape index (κ1) is 14.6. The SMILES string of the molecule is COCCN(CCC(N)=S)c1nncc2ccccc12. The summed E-state index contributed by atoms with van der Waals surface area (Å²) in [6.07, 6.45) is 2.41. The van der Waals surface area contributed by atoms with E-state index in [1.54, 1.807) is 13.3 Å².